The molecule has 6 heteroatoms. The highest BCUT2D eigenvalue weighted by molar-refractivity contribution is 5.09. The quantitative estimate of drug-likeness (QED) is 0.419. The van der Waals surface area contributed by atoms with E-state index in [9.17, 15) is 22.0 Å². The molecule has 2 aliphatic carbocycles. The molecule has 0 radical (unpaired) electrons. The Kier molecular flexibility index (Phi) is 3.67. The third-order valence-electron chi connectivity index (χ3n) is 3.72. The molecule has 0 aromatic rings. The number of ether oxygens (including phenoxy) is 1. The van der Waals surface area contributed by atoms with Crippen LogP contribution in [0.15, 0.2) is 12.2 Å². The van der Waals surface area contributed by atoms with Crippen molar-refractivity contribution in [1.29, 1.82) is 0 Å². The lowest BCUT2D eigenvalue weighted by Gasteiger charge is -2.21. The Labute approximate surface area is 102 Å². The molecule has 0 aliphatic heterocycles. The van der Waals surface area contributed by atoms with Crippen LogP contribution in [0.1, 0.15) is 19.3 Å². The number of rotatable bonds is 5. The van der Waals surface area contributed by atoms with Crippen molar-refractivity contribution < 1.29 is 26.7 Å². The molecule has 1 nitrogen and oxygen atoms in total. The summed E-state index contributed by atoms with van der Waals surface area (Å²) in [5.41, 5.74) is 0. The SMILES string of the molecule is FC(F)(F)C(F)(F)CCOCC1CC2C=CC1C2. The Hall–Kier alpha value is -0.650. The number of hydrogen-bond acceptors (Lipinski definition) is 1. The minimum atomic E-state index is -5.48. The zero-order valence-electron chi connectivity index (χ0n) is 9.72. The molecule has 0 spiro atoms. The van der Waals surface area contributed by atoms with Crippen LogP contribution < -0.4 is 0 Å². The van der Waals surface area contributed by atoms with Crippen LogP contribution in [0, 0.1) is 17.8 Å². The topological polar surface area (TPSA) is 9.23 Å². The van der Waals surface area contributed by atoms with E-state index < -0.39 is 25.1 Å². The van der Waals surface area contributed by atoms with Crippen LogP contribution in [0.2, 0.25) is 0 Å². The van der Waals surface area contributed by atoms with Gasteiger partial charge < -0.3 is 4.74 Å². The molecule has 2 aliphatic rings. The summed E-state index contributed by atoms with van der Waals surface area (Å²) in [6.45, 7) is -0.274. The monoisotopic (exact) mass is 270 g/mol. The average molecular weight is 270 g/mol. The van der Waals surface area contributed by atoms with E-state index >= 15 is 0 Å². The minimum absolute atomic E-state index is 0.277. The summed E-state index contributed by atoms with van der Waals surface area (Å²) in [4.78, 5) is 0. The second kappa shape index (κ2) is 4.79. The molecule has 1 saturated carbocycles. The van der Waals surface area contributed by atoms with Gasteiger partial charge in [0.1, 0.15) is 0 Å². The van der Waals surface area contributed by atoms with Gasteiger partial charge in [0.25, 0.3) is 0 Å². The number of hydrogen-bond donors (Lipinski definition) is 0. The van der Waals surface area contributed by atoms with Crippen molar-refractivity contribution >= 4 is 0 Å². The van der Waals surface area contributed by atoms with Crippen molar-refractivity contribution in [2.75, 3.05) is 13.2 Å². The van der Waals surface area contributed by atoms with Crippen molar-refractivity contribution in [3.05, 3.63) is 12.2 Å². The summed E-state index contributed by atoms with van der Waals surface area (Å²) in [6, 6.07) is 0. The predicted octanol–water partition coefficient (Wildman–Crippen LogP) is 3.80. The largest absolute Gasteiger partial charge is 0.453 e. The Morgan fingerprint density at radius 3 is 2.28 bits per heavy atom. The van der Waals surface area contributed by atoms with Crippen LogP contribution in [0.4, 0.5) is 22.0 Å². The predicted molar refractivity (Wildman–Crippen MR) is 55.3 cm³/mol. The lowest BCUT2D eigenvalue weighted by atomic mass is 9.95. The van der Waals surface area contributed by atoms with Gasteiger partial charge in [0, 0.05) is 13.0 Å². The maximum Gasteiger partial charge on any atom is 0.453 e. The first-order chi connectivity index (χ1) is 8.29. The molecule has 0 saturated heterocycles. The Bertz CT molecular complexity index is 323. The summed E-state index contributed by atoms with van der Waals surface area (Å²) >= 11 is 0. The molecule has 0 aromatic heterocycles. The van der Waals surface area contributed by atoms with Gasteiger partial charge in [-0.25, -0.2) is 0 Å². The van der Waals surface area contributed by atoms with Gasteiger partial charge in [0.05, 0.1) is 6.61 Å². The first-order valence-electron chi connectivity index (χ1n) is 6.00. The van der Waals surface area contributed by atoms with E-state index in [1.54, 1.807) is 0 Å². The molecular weight excluding hydrogens is 255 g/mol. The van der Waals surface area contributed by atoms with Crippen molar-refractivity contribution in [3.63, 3.8) is 0 Å². The lowest BCUT2D eigenvalue weighted by Crippen LogP contribution is -2.37. The molecule has 3 atom stereocenters. The Morgan fingerprint density at radius 2 is 1.78 bits per heavy atom. The maximum atomic E-state index is 12.6. The van der Waals surface area contributed by atoms with Gasteiger partial charge in [-0.2, -0.15) is 22.0 Å². The summed E-state index contributed by atoms with van der Waals surface area (Å²) < 4.78 is 65.7. The van der Waals surface area contributed by atoms with Crippen LogP contribution in [-0.2, 0) is 4.74 Å². The number of alkyl halides is 5. The third kappa shape index (κ3) is 2.84. The number of allylic oxidation sites excluding steroid dienone is 2. The maximum absolute atomic E-state index is 12.6. The Balaban J connectivity index is 1.66. The van der Waals surface area contributed by atoms with Gasteiger partial charge in [0.15, 0.2) is 0 Å². The molecule has 0 aromatic carbocycles. The van der Waals surface area contributed by atoms with Crippen molar-refractivity contribution in [2.45, 2.75) is 31.4 Å². The van der Waals surface area contributed by atoms with Crippen molar-refractivity contribution in [2.24, 2.45) is 17.8 Å². The van der Waals surface area contributed by atoms with Crippen LogP contribution in [0.3, 0.4) is 0 Å². The van der Waals surface area contributed by atoms with Gasteiger partial charge >= 0.3 is 12.1 Å². The smallest absolute Gasteiger partial charge is 0.381 e. The second-order valence-corrected chi connectivity index (χ2v) is 5.07. The number of fused-ring (bicyclic) bond motifs is 2. The fraction of sp³-hybridized carbons (Fsp3) is 0.833. The van der Waals surface area contributed by atoms with E-state index in [4.69, 9.17) is 4.74 Å². The first-order valence-corrected chi connectivity index (χ1v) is 6.00. The van der Waals surface area contributed by atoms with E-state index in [0.29, 0.717) is 11.8 Å². The van der Waals surface area contributed by atoms with E-state index in [-0.39, 0.29) is 12.5 Å². The zero-order chi connectivity index (χ0) is 13.4. The second-order valence-electron chi connectivity index (χ2n) is 5.07. The van der Waals surface area contributed by atoms with E-state index in [0.717, 1.165) is 12.8 Å². The fourth-order valence-corrected chi connectivity index (χ4v) is 2.66. The molecule has 0 amide bonds. The fourth-order valence-electron chi connectivity index (χ4n) is 2.66. The molecular formula is C12H15F5O. The highest BCUT2D eigenvalue weighted by Crippen LogP contribution is 2.43. The summed E-state index contributed by atoms with van der Waals surface area (Å²) in [5.74, 6) is -3.42. The molecule has 2 rings (SSSR count). The van der Waals surface area contributed by atoms with Crippen LogP contribution in [-0.4, -0.2) is 25.3 Å². The van der Waals surface area contributed by atoms with E-state index in [2.05, 4.69) is 12.2 Å². The average Bonchev–Trinajstić information content (AvgIpc) is 2.84. The van der Waals surface area contributed by atoms with E-state index in [1.165, 1.54) is 0 Å². The Morgan fingerprint density at radius 1 is 1.06 bits per heavy atom. The molecule has 3 unspecified atom stereocenters. The highest BCUT2D eigenvalue weighted by atomic mass is 19.4. The highest BCUT2D eigenvalue weighted by Gasteiger charge is 2.56. The summed E-state index contributed by atoms with van der Waals surface area (Å²) in [6.07, 6.45) is -0.534. The van der Waals surface area contributed by atoms with Crippen LogP contribution in [0.25, 0.3) is 0 Å². The van der Waals surface area contributed by atoms with Gasteiger partial charge in [0.2, 0.25) is 0 Å². The molecule has 18 heavy (non-hydrogen) atoms. The zero-order valence-corrected chi connectivity index (χ0v) is 9.72. The first kappa shape index (κ1) is 13.8. The molecule has 104 valence electrons. The normalized spacial score (nSPS) is 31.3. The summed E-state index contributed by atoms with van der Waals surface area (Å²) in [5, 5.41) is 0. The number of halogens is 5. The van der Waals surface area contributed by atoms with Crippen molar-refractivity contribution in [3.8, 4) is 0 Å². The van der Waals surface area contributed by atoms with Gasteiger partial charge in [-0.05, 0) is 30.6 Å². The molecule has 1 fully saturated rings. The lowest BCUT2D eigenvalue weighted by molar-refractivity contribution is -0.287. The van der Waals surface area contributed by atoms with Gasteiger partial charge in [-0.15, -0.1) is 0 Å². The van der Waals surface area contributed by atoms with Crippen LogP contribution >= 0.6 is 0 Å². The molecule has 0 N–H and O–H groups in total. The molecule has 2 bridgehead atoms. The minimum Gasteiger partial charge on any atom is -0.381 e. The van der Waals surface area contributed by atoms with Crippen molar-refractivity contribution in [1.82, 2.24) is 0 Å². The third-order valence-corrected chi connectivity index (χ3v) is 3.72. The summed E-state index contributed by atoms with van der Waals surface area (Å²) in [7, 11) is 0. The van der Waals surface area contributed by atoms with E-state index in [1.807, 2.05) is 0 Å². The van der Waals surface area contributed by atoms with Gasteiger partial charge in [-0.3, -0.25) is 0 Å². The molecule has 0 heterocycles. The standard InChI is InChI=1S/C12H15F5O/c13-11(14,12(15,16)17)3-4-18-7-10-6-8-1-2-9(10)5-8/h1-2,8-10H,3-7H2. The van der Waals surface area contributed by atoms with Crippen LogP contribution in [0.5, 0.6) is 0 Å². The van der Waals surface area contributed by atoms with Gasteiger partial charge in [-0.1, -0.05) is 12.2 Å².